The van der Waals surface area contributed by atoms with E-state index in [1.807, 2.05) is 6.92 Å². The summed E-state index contributed by atoms with van der Waals surface area (Å²) in [6, 6.07) is 7.18. The van der Waals surface area contributed by atoms with Crippen molar-refractivity contribution in [2.45, 2.75) is 45.4 Å². The monoisotopic (exact) mass is 292 g/mol. The molecule has 0 aromatic heterocycles. The van der Waals surface area contributed by atoms with E-state index in [9.17, 15) is 9.59 Å². The minimum absolute atomic E-state index is 0.133. The summed E-state index contributed by atoms with van der Waals surface area (Å²) in [6.07, 6.45) is 4.62. The number of benzene rings is 1. The number of carbonyl (C=O) groups is 2. The van der Waals surface area contributed by atoms with Gasteiger partial charge in [0.1, 0.15) is 5.75 Å². The molecule has 1 aromatic rings. The summed E-state index contributed by atoms with van der Waals surface area (Å²) in [5.74, 6) is 0.778. The molecular weight excluding hydrogens is 268 g/mol. The SMILES string of the molecule is CCOC(=O)CCCCCCC(=O)c1ccc(OC)cc1. The molecule has 4 heteroatoms. The number of ether oxygens (including phenoxy) is 2. The normalized spacial score (nSPS) is 10.2. The van der Waals surface area contributed by atoms with E-state index in [0.717, 1.165) is 37.0 Å². The molecule has 0 saturated carbocycles. The second kappa shape index (κ2) is 9.97. The molecule has 116 valence electrons. The largest absolute Gasteiger partial charge is 0.497 e. The molecule has 0 amide bonds. The fourth-order valence-corrected chi connectivity index (χ4v) is 2.06. The molecule has 0 aliphatic carbocycles. The third-order valence-corrected chi connectivity index (χ3v) is 3.25. The highest BCUT2D eigenvalue weighted by Gasteiger charge is 2.06. The van der Waals surface area contributed by atoms with Crippen LogP contribution in [0.3, 0.4) is 0 Å². The number of hydrogen-bond acceptors (Lipinski definition) is 4. The number of esters is 1. The van der Waals surface area contributed by atoms with Crippen molar-refractivity contribution in [1.82, 2.24) is 0 Å². The van der Waals surface area contributed by atoms with Gasteiger partial charge in [-0.25, -0.2) is 0 Å². The summed E-state index contributed by atoms with van der Waals surface area (Å²) in [5, 5.41) is 0. The smallest absolute Gasteiger partial charge is 0.305 e. The molecule has 0 fully saturated rings. The summed E-state index contributed by atoms with van der Waals surface area (Å²) in [7, 11) is 1.60. The fourth-order valence-electron chi connectivity index (χ4n) is 2.06. The number of rotatable bonds is 10. The first-order valence-electron chi connectivity index (χ1n) is 7.50. The molecule has 21 heavy (non-hydrogen) atoms. The molecule has 1 aromatic carbocycles. The highest BCUT2D eigenvalue weighted by atomic mass is 16.5. The lowest BCUT2D eigenvalue weighted by Crippen LogP contribution is -2.03. The fraction of sp³-hybridized carbons (Fsp3) is 0.529. The zero-order valence-electron chi connectivity index (χ0n) is 12.9. The third kappa shape index (κ3) is 6.93. The van der Waals surface area contributed by atoms with Gasteiger partial charge in [-0.15, -0.1) is 0 Å². The van der Waals surface area contributed by atoms with Crippen LogP contribution in [0.25, 0.3) is 0 Å². The van der Waals surface area contributed by atoms with Crippen LogP contribution in [0.5, 0.6) is 5.75 Å². The number of ketones is 1. The first-order valence-corrected chi connectivity index (χ1v) is 7.50. The molecule has 0 spiro atoms. The van der Waals surface area contributed by atoms with Gasteiger partial charge in [-0.1, -0.05) is 12.8 Å². The van der Waals surface area contributed by atoms with Crippen LogP contribution in [0.4, 0.5) is 0 Å². The van der Waals surface area contributed by atoms with Crippen molar-refractivity contribution in [3.63, 3.8) is 0 Å². The average molecular weight is 292 g/mol. The number of Topliss-reactive ketones (excluding diaryl/α,β-unsaturated/α-hetero) is 1. The van der Waals surface area contributed by atoms with Crippen molar-refractivity contribution in [1.29, 1.82) is 0 Å². The summed E-state index contributed by atoms with van der Waals surface area (Å²) in [4.78, 5) is 23.1. The van der Waals surface area contributed by atoms with E-state index in [0.29, 0.717) is 19.4 Å². The first kappa shape index (κ1) is 17.2. The van der Waals surface area contributed by atoms with Gasteiger partial charge in [0.25, 0.3) is 0 Å². The Labute approximate surface area is 126 Å². The molecule has 0 aliphatic rings. The summed E-state index contributed by atoms with van der Waals surface area (Å²) < 4.78 is 9.92. The van der Waals surface area contributed by atoms with Crippen LogP contribution >= 0.6 is 0 Å². The van der Waals surface area contributed by atoms with Gasteiger partial charge in [-0.05, 0) is 44.0 Å². The van der Waals surface area contributed by atoms with E-state index in [4.69, 9.17) is 9.47 Å². The molecule has 0 saturated heterocycles. The van der Waals surface area contributed by atoms with E-state index < -0.39 is 0 Å². The van der Waals surface area contributed by atoms with E-state index in [2.05, 4.69) is 0 Å². The Morgan fingerprint density at radius 3 is 2.14 bits per heavy atom. The minimum atomic E-state index is -0.133. The minimum Gasteiger partial charge on any atom is -0.497 e. The number of unbranched alkanes of at least 4 members (excludes halogenated alkanes) is 3. The molecule has 0 radical (unpaired) electrons. The van der Waals surface area contributed by atoms with Crippen LogP contribution in [-0.2, 0) is 9.53 Å². The Morgan fingerprint density at radius 1 is 0.952 bits per heavy atom. The average Bonchev–Trinajstić information content (AvgIpc) is 2.51. The van der Waals surface area contributed by atoms with Crippen LogP contribution < -0.4 is 4.74 Å². The Balaban J connectivity index is 2.14. The summed E-state index contributed by atoms with van der Waals surface area (Å²) in [5.41, 5.74) is 0.724. The molecule has 1 rings (SSSR count). The van der Waals surface area contributed by atoms with Crippen molar-refractivity contribution >= 4 is 11.8 Å². The zero-order valence-corrected chi connectivity index (χ0v) is 12.9. The third-order valence-electron chi connectivity index (χ3n) is 3.25. The number of hydrogen-bond donors (Lipinski definition) is 0. The summed E-state index contributed by atoms with van der Waals surface area (Å²) >= 11 is 0. The number of methoxy groups -OCH3 is 1. The van der Waals surface area contributed by atoms with Gasteiger partial charge in [0.2, 0.25) is 0 Å². The van der Waals surface area contributed by atoms with Crippen LogP contribution in [0, 0.1) is 0 Å². The van der Waals surface area contributed by atoms with E-state index in [-0.39, 0.29) is 11.8 Å². The predicted molar refractivity (Wildman–Crippen MR) is 81.7 cm³/mol. The molecule has 0 unspecified atom stereocenters. The Bertz CT molecular complexity index is 437. The van der Waals surface area contributed by atoms with Crippen molar-refractivity contribution < 1.29 is 19.1 Å². The quantitative estimate of drug-likeness (QED) is 0.374. The maximum Gasteiger partial charge on any atom is 0.305 e. The molecule has 0 heterocycles. The van der Waals surface area contributed by atoms with Crippen molar-refractivity contribution in [3.05, 3.63) is 29.8 Å². The first-order chi connectivity index (χ1) is 10.2. The topological polar surface area (TPSA) is 52.6 Å². The van der Waals surface area contributed by atoms with Crippen molar-refractivity contribution in [2.24, 2.45) is 0 Å². The highest BCUT2D eigenvalue weighted by molar-refractivity contribution is 5.96. The van der Waals surface area contributed by atoms with Gasteiger partial charge in [-0.3, -0.25) is 9.59 Å². The second-order valence-corrected chi connectivity index (χ2v) is 4.87. The summed E-state index contributed by atoms with van der Waals surface area (Å²) in [6.45, 7) is 2.25. The zero-order chi connectivity index (χ0) is 15.5. The van der Waals surface area contributed by atoms with Gasteiger partial charge >= 0.3 is 5.97 Å². The van der Waals surface area contributed by atoms with E-state index >= 15 is 0 Å². The lowest BCUT2D eigenvalue weighted by molar-refractivity contribution is -0.143. The second-order valence-electron chi connectivity index (χ2n) is 4.87. The highest BCUT2D eigenvalue weighted by Crippen LogP contribution is 2.14. The van der Waals surface area contributed by atoms with Gasteiger partial charge in [0.05, 0.1) is 13.7 Å². The molecule has 0 atom stereocenters. The lowest BCUT2D eigenvalue weighted by Gasteiger charge is -2.04. The Hall–Kier alpha value is -1.84. The van der Waals surface area contributed by atoms with Crippen LogP contribution in [0.15, 0.2) is 24.3 Å². The van der Waals surface area contributed by atoms with Crippen molar-refractivity contribution in [2.75, 3.05) is 13.7 Å². The van der Waals surface area contributed by atoms with E-state index in [1.54, 1.807) is 31.4 Å². The standard InChI is InChI=1S/C17H24O4/c1-3-21-17(19)9-7-5-4-6-8-16(18)14-10-12-15(20-2)13-11-14/h10-13H,3-9H2,1-2H3. The maximum atomic E-state index is 12.0. The lowest BCUT2D eigenvalue weighted by atomic mass is 10.0. The molecule has 0 N–H and O–H groups in total. The Morgan fingerprint density at radius 2 is 1.57 bits per heavy atom. The van der Waals surface area contributed by atoms with Crippen LogP contribution in [-0.4, -0.2) is 25.5 Å². The number of carbonyl (C=O) groups excluding carboxylic acids is 2. The molecule has 0 bridgehead atoms. The van der Waals surface area contributed by atoms with Gasteiger partial charge in [0.15, 0.2) is 5.78 Å². The van der Waals surface area contributed by atoms with Gasteiger partial charge in [-0.2, -0.15) is 0 Å². The molecule has 4 nitrogen and oxygen atoms in total. The maximum absolute atomic E-state index is 12.0. The van der Waals surface area contributed by atoms with Gasteiger partial charge < -0.3 is 9.47 Å². The predicted octanol–water partition coefficient (Wildman–Crippen LogP) is 3.78. The van der Waals surface area contributed by atoms with E-state index in [1.165, 1.54) is 0 Å². The van der Waals surface area contributed by atoms with Crippen molar-refractivity contribution in [3.8, 4) is 5.75 Å². The molecule has 0 aliphatic heterocycles. The van der Waals surface area contributed by atoms with Crippen LogP contribution in [0.2, 0.25) is 0 Å². The van der Waals surface area contributed by atoms with Crippen LogP contribution in [0.1, 0.15) is 55.8 Å². The Kier molecular flexibility index (Phi) is 8.17. The molecular formula is C17H24O4. The van der Waals surface area contributed by atoms with Gasteiger partial charge in [0, 0.05) is 18.4 Å².